The zero-order chi connectivity index (χ0) is 18.6. The van der Waals surface area contributed by atoms with Gasteiger partial charge in [-0.25, -0.2) is 9.98 Å². The highest BCUT2D eigenvalue weighted by molar-refractivity contribution is 5.98. The zero-order valence-electron chi connectivity index (χ0n) is 15.8. The lowest BCUT2D eigenvalue weighted by atomic mass is 9.97. The van der Waals surface area contributed by atoms with Gasteiger partial charge in [-0.05, 0) is 46.8 Å². The maximum absolute atomic E-state index is 12.8. The van der Waals surface area contributed by atoms with Crippen molar-refractivity contribution in [3.8, 4) is 0 Å². The van der Waals surface area contributed by atoms with E-state index in [2.05, 4.69) is 34.3 Å². The molecule has 2 N–H and O–H groups in total. The molecule has 2 rings (SSSR count). The lowest BCUT2D eigenvalue weighted by molar-refractivity contribution is -0.117. The maximum Gasteiger partial charge on any atom is 0.251 e. The summed E-state index contributed by atoms with van der Waals surface area (Å²) in [5.41, 5.74) is 3.25. The van der Waals surface area contributed by atoms with Crippen molar-refractivity contribution >= 4 is 12.6 Å². The van der Waals surface area contributed by atoms with Crippen LogP contribution in [0, 0.1) is 6.92 Å². The molecule has 0 radical (unpaired) electrons. The molecule has 6 heteroatoms. The standard InChI is InChI=1S/C19H28N4O2/c1-7-15(17(20-6)23-19(5)8-9-19)16(12(2)3)18(24)21-10-14-11-25-13(4)22-14/h11,23H,6-10H2,1-5H3,(H,21,24)/b17-15-. The molecule has 1 fully saturated rings. The highest BCUT2D eigenvalue weighted by Crippen LogP contribution is 2.36. The van der Waals surface area contributed by atoms with Gasteiger partial charge in [-0.2, -0.15) is 0 Å². The van der Waals surface area contributed by atoms with E-state index in [9.17, 15) is 4.79 Å². The molecule has 0 aromatic carbocycles. The van der Waals surface area contributed by atoms with E-state index in [1.54, 1.807) is 13.2 Å². The van der Waals surface area contributed by atoms with Crippen molar-refractivity contribution in [2.45, 2.75) is 66.0 Å². The number of aromatic nitrogens is 1. The first-order valence-corrected chi connectivity index (χ1v) is 8.64. The molecule has 0 unspecified atom stereocenters. The fourth-order valence-corrected chi connectivity index (χ4v) is 2.69. The van der Waals surface area contributed by atoms with Gasteiger partial charge in [0.05, 0.1) is 12.2 Å². The number of oxazole rings is 1. The second-order valence-corrected chi connectivity index (χ2v) is 6.94. The van der Waals surface area contributed by atoms with Crippen molar-refractivity contribution in [2.75, 3.05) is 0 Å². The molecule has 0 atom stereocenters. The summed E-state index contributed by atoms with van der Waals surface area (Å²) < 4.78 is 5.17. The van der Waals surface area contributed by atoms with Gasteiger partial charge in [-0.15, -0.1) is 0 Å². The third kappa shape index (κ3) is 4.81. The van der Waals surface area contributed by atoms with Crippen molar-refractivity contribution in [1.82, 2.24) is 15.6 Å². The van der Waals surface area contributed by atoms with Crippen molar-refractivity contribution in [2.24, 2.45) is 4.99 Å². The maximum atomic E-state index is 12.8. The van der Waals surface area contributed by atoms with Crippen LogP contribution >= 0.6 is 0 Å². The number of hydrogen-bond acceptors (Lipinski definition) is 5. The Morgan fingerprint density at radius 2 is 2.12 bits per heavy atom. The summed E-state index contributed by atoms with van der Waals surface area (Å²) in [5, 5.41) is 6.37. The summed E-state index contributed by atoms with van der Waals surface area (Å²) in [4.78, 5) is 21.2. The summed E-state index contributed by atoms with van der Waals surface area (Å²) in [5.74, 6) is 1.15. The van der Waals surface area contributed by atoms with Crippen LogP contribution in [0.2, 0.25) is 0 Å². The van der Waals surface area contributed by atoms with Crippen LogP contribution in [0.5, 0.6) is 0 Å². The van der Waals surface area contributed by atoms with Gasteiger partial charge in [0.15, 0.2) is 5.89 Å². The Balaban J connectivity index is 2.23. The Hall–Kier alpha value is -2.37. The van der Waals surface area contributed by atoms with Gasteiger partial charge in [0, 0.05) is 23.6 Å². The molecular weight excluding hydrogens is 316 g/mol. The smallest absolute Gasteiger partial charge is 0.251 e. The molecule has 6 nitrogen and oxygen atoms in total. The molecule has 0 aliphatic heterocycles. The van der Waals surface area contributed by atoms with Gasteiger partial charge < -0.3 is 15.1 Å². The molecule has 1 aromatic heterocycles. The SMILES string of the molecule is C=N/C(NC1(C)CC1)=C(\CC)C(C(=O)NCc1coc(C)n1)=C(C)C. The van der Waals surface area contributed by atoms with E-state index in [0.717, 1.165) is 24.0 Å². The molecule has 0 spiro atoms. The highest BCUT2D eigenvalue weighted by atomic mass is 16.3. The zero-order valence-corrected chi connectivity index (χ0v) is 15.8. The molecule has 1 saturated carbocycles. The van der Waals surface area contributed by atoms with Crippen molar-refractivity contribution in [1.29, 1.82) is 0 Å². The van der Waals surface area contributed by atoms with Gasteiger partial charge in [0.1, 0.15) is 12.1 Å². The summed E-state index contributed by atoms with van der Waals surface area (Å²) >= 11 is 0. The van der Waals surface area contributed by atoms with Crippen LogP contribution in [0.4, 0.5) is 0 Å². The first kappa shape index (κ1) is 19.0. The number of rotatable bonds is 8. The largest absolute Gasteiger partial charge is 0.449 e. The number of hydrogen-bond donors (Lipinski definition) is 2. The number of nitrogens with one attached hydrogen (secondary N) is 2. The van der Waals surface area contributed by atoms with Crippen LogP contribution in [-0.4, -0.2) is 23.1 Å². The van der Waals surface area contributed by atoms with Crippen molar-refractivity contribution in [3.63, 3.8) is 0 Å². The molecule has 0 saturated heterocycles. The number of carbonyl (C=O) groups is 1. The Bertz CT molecular complexity index is 720. The topological polar surface area (TPSA) is 79.5 Å². The van der Waals surface area contributed by atoms with E-state index in [0.29, 0.717) is 35.9 Å². The monoisotopic (exact) mass is 344 g/mol. The minimum absolute atomic E-state index is 0.0679. The van der Waals surface area contributed by atoms with Crippen LogP contribution in [0.25, 0.3) is 0 Å². The van der Waals surface area contributed by atoms with E-state index >= 15 is 0 Å². The molecule has 0 bridgehead atoms. The normalized spacial score (nSPS) is 15.9. The Kier molecular flexibility index (Phi) is 5.82. The molecule has 136 valence electrons. The Morgan fingerprint density at radius 3 is 2.56 bits per heavy atom. The van der Waals surface area contributed by atoms with Crippen LogP contribution in [0.15, 0.2) is 38.2 Å². The van der Waals surface area contributed by atoms with Gasteiger partial charge >= 0.3 is 0 Å². The number of nitrogens with zero attached hydrogens (tertiary/aromatic N) is 2. The van der Waals surface area contributed by atoms with Gasteiger partial charge in [-0.1, -0.05) is 12.5 Å². The van der Waals surface area contributed by atoms with Crippen LogP contribution < -0.4 is 10.6 Å². The molecule has 1 aliphatic carbocycles. The average molecular weight is 344 g/mol. The first-order chi connectivity index (χ1) is 11.8. The number of aryl methyl sites for hydroxylation is 1. The molecule has 1 aliphatic rings. The van der Waals surface area contributed by atoms with Crippen molar-refractivity contribution in [3.05, 3.63) is 40.4 Å². The predicted octanol–water partition coefficient (Wildman–Crippen LogP) is 3.40. The molecule has 1 aromatic rings. The van der Waals surface area contributed by atoms with E-state index in [-0.39, 0.29) is 11.4 Å². The van der Waals surface area contributed by atoms with Crippen LogP contribution in [0.1, 0.15) is 58.5 Å². The Morgan fingerprint density at radius 1 is 1.44 bits per heavy atom. The van der Waals surface area contributed by atoms with Crippen LogP contribution in [0.3, 0.4) is 0 Å². The molecule has 25 heavy (non-hydrogen) atoms. The third-order valence-corrected chi connectivity index (χ3v) is 4.34. The highest BCUT2D eigenvalue weighted by Gasteiger charge is 2.38. The van der Waals surface area contributed by atoms with E-state index in [1.807, 2.05) is 20.8 Å². The fraction of sp³-hybridized carbons (Fsp3) is 0.526. The quantitative estimate of drug-likeness (QED) is 0.430. The Labute approximate surface area is 149 Å². The van der Waals surface area contributed by atoms with E-state index in [4.69, 9.17) is 4.42 Å². The van der Waals surface area contributed by atoms with Gasteiger partial charge in [-0.3, -0.25) is 4.79 Å². The van der Waals surface area contributed by atoms with Gasteiger partial charge in [0.2, 0.25) is 0 Å². The number of aliphatic imine (C=N–C) groups is 1. The molecule has 1 amide bonds. The summed E-state index contributed by atoms with van der Waals surface area (Å²) in [7, 11) is 0. The second kappa shape index (κ2) is 7.68. The summed E-state index contributed by atoms with van der Waals surface area (Å²) in [6.07, 6.45) is 4.45. The number of allylic oxidation sites excluding steroid dienone is 1. The fourth-order valence-electron chi connectivity index (χ4n) is 2.69. The summed E-state index contributed by atoms with van der Waals surface area (Å²) in [6, 6.07) is 0. The van der Waals surface area contributed by atoms with Crippen molar-refractivity contribution < 1.29 is 9.21 Å². The predicted molar refractivity (Wildman–Crippen MR) is 99.1 cm³/mol. The van der Waals surface area contributed by atoms with Gasteiger partial charge in [0.25, 0.3) is 5.91 Å². The second-order valence-electron chi connectivity index (χ2n) is 6.94. The third-order valence-electron chi connectivity index (χ3n) is 4.34. The molecular formula is C19H28N4O2. The van der Waals surface area contributed by atoms with Crippen LogP contribution in [-0.2, 0) is 11.3 Å². The number of carbonyl (C=O) groups excluding carboxylic acids is 1. The first-order valence-electron chi connectivity index (χ1n) is 8.64. The average Bonchev–Trinajstić information content (AvgIpc) is 3.14. The summed E-state index contributed by atoms with van der Waals surface area (Å²) in [6.45, 7) is 13.8. The minimum Gasteiger partial charge on any atom is -0.449 e. The lowest BCUT2D eigenvalue weighted by Crippen LogP contribution is -2.30. The van der Waals surface area contributed by atoms with E-state index in [1.165, 1.54) is 0 Å². The van der Waals surface area contributed by atoms with E-state index < -0.39 is 0 Å². The number of amides is 1. The molecule has 1 heterocycles. The minimum atomic E-state index is -0.138. The lowest BCUT2D eigenvalue weighted by Gasteiger charge is -2.20.